The first-order chi connectivity index (χ1) is 18.1. The number of fused-ring (bicyclic) bond motifs is 2. The fraction of sp³-hybridized carbons (Fsp3) is 0.533. The fourth-order valence-corrected chi connectivity index (χ4v) is 5.62. The molecule has 2 atom stereocenters. The summed E-state index contributed by atoms with van der Waals surface area (Å²) in [7, 11) is 2.03. The molecule has 192 valence electrons. The minimum absolute atomic E-state index is 0.0000182. The average Bonchev–Trinajstić information content (AvgIpc) is 3.62. The number of carbonyl (C=O) groups excluding carboxylic acids is 1. The topological polar surface area (TPSA) is 58.2 Å². The molecule has 1 N–H and O–H groups in total. The molecule has 2 aromatic carbocycles. The molecule has 2 aliphatic rings. The molecule has 2 aliphatic carbocycles. The van der Waals surface area contributed by atoms with E-state index < -0.39 is 12.0 Å². The number of benzene rings is 2. The molecule has 0 aliphatic heterocycles. The van der Waals surface area contributed by atoms with Gasteiger partial charge >= 0.3 is 5.97 Å². The number of nitrogens with one attached hydrogen (secondary N) is 1. The van der Waals surface area contributed by atoms with Crippen molar-refractivity contribution in [2.24, 2.45) is 11.8 Å². The normalized spacial score (nSPS) is 24.0. The Kier molecular flexibility index (Phi) is 6.45. The summed E-state index contributed by atoms with van der Waals surface area (Å²) in [5.41, 5.74) is 2.25. The highest BCUT2D eigenvalue weighted by atomic mass is 19.1. The van der Waals surface area contributed by atoms with E-state index in [0.29, 0.717) is 18.5 Å². The maximum atomic E-state index is 14.1. The summed E-state index contributed by atoms with van der Waals surface area (Å²) in [6.45, 7) is 5.46. The number of hydrogen-bond donors (Lipinski definition) is 1. The number of H-pyrrole nitrogens is 1. The lowest BCUT2D eigenvalue weighted by molar-refractivity contribution is -0.169. The number of halogens is 1. The van der Waals surface area contributed by atoms with Gasteiger partial charge in [-0.1, -0.05) is 32.0 Å². The molecular weight excluding hydrogens is 453 g/mol. The Morgan fingerprint density at radius 3 is 2.83 bits per heavy atom. The maximum absolute atomic E-state index is 14.1. The zero-order valence-corrected chi connectivity index (χ0v) is 21.5. The van der Waals surface area contributed by atoms with E-state index in [2.05, 4.69) is 14.9 Å². The van der Waals surface area contributed by atoms with Gasteiger partial charge in [-0.25, -0.2) is 9.37 Å². The standard InChI is InChI=1S/C30H38FN3O2/c1-20(2)28-24-13-12-23(31)19-22(24)14-15-30(28,36-29(35)21-10-11-21)16-18-34(3)17-6-9-27-32-25-7-4-5-8-26(25)33-27/h4-5,7-8,12-13,19-21,28H,6,9-11,14-18H2,1-3H3,(H,32,33)/t28-,30-/m0/s1/i15D2. The molecule has 0 spiro atoms. The second kappa shape index (κ2) is 10.3. The molecule has 0 radical (unpaired) electrons. The third kappa shape index (κ3) is 5.34. The van der Waals surface area contributed by atoms with E-state index in [1.807, 2.05) is 45.2 Å². The average molecular weight is 494 g/mol. The van der Waals surface area contributed by atoms with E-state index in [1.54, 1.807) is 6.07 Å². The number of aromatic amines is 1. The number of ether oxygens (including phenoxy) is 1. The lowest BCUT2D eigenvalue weighted by Crippen LogP contribution is -2.48. The Labute approximate surface area is 216 Å². The Morgan fingerprint density at radius 1 is 1.28 bits per heavy atom. The van der Waals surface area contributed by atoms with Crippen LogP contribution in [-0.4, -0.2) is 46.6 Å². The van der Waals surface area contributed by atoms with Gasteiger partial charge < -0.3 is 14.6 Å². The Bertz CT molecular complexity index is 1270. The molecule has 1 aromatic heterocycles. The molecule has 1 heterocycles. The van der Waals surface area contributed by atoms with Crippen molar-refractivity contribution in [2.45, 2.75) is 70.3 Å². The number of imidazole rings is 1. The van der Waals surface area contributed by atoms with E-state index in [0.717, 1.165) is 54.6 Å². The minimum Gasteiger partial charge on any atom is -0.458 e. The van der Waals surface area contributed by atoms with Gasteiger partial charge in [-0.3, -0.25) is 4.79 Å². The lowest BCUT2D eigenvalue weighted by atomic mass is 9.65. The zero-order chi connectivity index (χ0) is 27.1. The molecule has 1 fully saturated rings. The van der Waals surface area contributed by atoms with E-state index in [9.17, 15) is 11.9 Å². The summed E-state index contributed by atoms with van der Waals surface area (Å²) in [4.78, 5) is 23.3. The number of hydrogen-bond acceptors (Lipinski definition) is 4. The molecule has 6 heteroatoms. The first kappa shape index (κ1) is 22.5. The van der Waals surface area contributed by atoms with Crippen molar-refractivity contribution >= 4 is 17.0 Å². The third-order valence-electron chi connectivity index (χ3n) is 7.64. The second-order valence-corrected chi connectivity index (χ2v) is 10.9. The zero-order valence-electron chi connectivity index (χ0n) is 23.5. The summed E-state index contributed by atoms with van der Waals surface area (Å²) in [5.74, 6) is -0.201. The summed E-state index contributed by atoms with van der Waals surface area (Å²) in [6.07, 6.45) is 1.88. The van der Waals surface area contributed by atoms with Crippen LogP contribution in [0.2, 0.25) is 0 Å². The first-order valence-electron chi connectivity index (χ1n) is 14.2. The molecular formula is C30H38FN3O2. The monoisotopic (exact) mass is 493 g/mol. The van der Waals surface area contributed by atoms with Crippen molar-refractivity contribution in [3.8, 4) is 0 Å². The van der Waals surface area contributed by atoms with Crippen molar-refractivity contribution in [3.05, 3.63) is 65.2 Å². The molecule has 3 aromatic rings. The molecule has 1 saturated carbocycles. The van der Waals surface area contributed by atoms with Gasteiger partial charge in [0, 0.05) is 28.0 Å². The van der Waals surface area contributed by atoms with Gasteiger partial charge in [0.2, 0.25) is 0 Å². The molecule has 0 unspecified atom stereocenters. The lowest BCUT2D eigenvalue weighted by Gasteiger charge is -2.47. The van der Waals surface area contributed by atoms with E-state index in [4.69, 9.17) is 4.74 Å². The second-order valence-electron chi connectivity index (χ2n) is 10.9. The van der Waals surface area contributed by atoms with Crippen LogP contribution in [0.15, 0.2) is 42.5 Å². The highest BCUT2D eigenvalue weighted by Crippen LogP contribution is 2.49. The number of rotatable bonds is 10. The molecule has 5 nitrogen and oxygen atoms in total. The predicted octanol–water partition coefficient (Wildman–Crippen LogP) is 6.03. The molecule has 0 amide bonds. The predicted molar refractivity (Wildman–Crippen MR) is 140 cm³/mol. The van der Waals surface area contributed by atoms with Crippen LogP contribution in [0.25, 0.3) is 11.0 Å². The SMILES string of the molecule is [2H]C1([2H])Cc2cc(F)ccc2[C@H](C(C)C)[C@]1(CCN(C)CCCc1nc2ccccc2[nH]1)OC(=O)C1CC1. The smallest absolute Gasteiger partial charge is 0.309 e. The van der Waals surface area contributed by atoms with Crippen LogP contribution in [0, 0.1) is 17.7 Å². The van der Waals surface area contributed by atoms with Gasteiger partial charge in [0.15, 0.2) is 0 Å². The molecule has 0 saturated heterocycles. The van der Waals surface area contributed by atoms with Gasteiger partial charge in [-0.05, 0) is 87.0 Å². The number of aromatic nitrogens is 2. The number of aryl methyl sites for hydroxylation is 2. The van der Waals surface area contributed by atoms with Gasteiger partial charge in [0.1, 0.15) is 17.2 Å². The quantitative estimate of drug-likeness (QED) is 0.350. The van der Waals surface area contributed by atoms with Crippen molar-refractivity contribution < 1.29 is 16.7 Å². The Hall–Kier alpha value is -2.73. The first-order valence-corrected chi connectivity index (χ1v) is 13.2. The number of carbonyl (C=O) groups is 1. The van der Waals surface area contributed by atoms with E-state index in [1.165, 1.54) is 12.1 Å². The van der Waals surface area contributed by atoms with Crippen LogP contribution >= 0.6 is 0 Å². The number of nitrogens with zero attached hydrogens (tertiary/aromatic N) is 2. The van der Waals surface area contributed by atoms with Crippen LogP contribution in [-0.2, 0) is 22.4 Å². The van der Waals surface area contributed by atoms with Gasteiger partial charge in [0.25, 0.3) is 0 Å². The van der Waals surface area contributed by atoms with Crippen LogP contribution in [0.4, 0.5) is 4.39 Å². The van der Waals surface area contributed by atoms with Crippen LogP contribution in [0.5, 0.6) is 0 Å². The van der Waals surface area contributed by atoms with Crippen LogP contribution < -0.4 is 0 Å². The summed E-state index contributed by atoms with van der Waals surface area (Å²) in [6, 6.07) is 12.6. The number of esters is 1. The third-order valence-corrected chi connectivity index (χ3v) is 7.64. The fourth-order valence-electron chi connectivity index (χ4n) is 5.62. The summed E-state index contributed by atoms with van der Waals surface area (Å²) < 4.78 is 38.8. The van der Waals surface area contributed by atoms with Crippen molar-refractivity contribution in [3.63, 3.8) is 0 Å². The number of para-hydroxylation sites is 2. The van der Waals surface area contributed by atoms with Gasteiger partial charge in [0.05, 0.1) is 17.0 Å². The van der Waals surface area contributed by atoms with Crippen molar-refractivity contribution in [1.82, 2.24) is 14.9 Å². The van der Waals surface area contributed by atoms with Crippen LogP contribution in [0.1, 0.15) is 71.5 Å². The van der Waals surface area contributed by atoms with Crippen molar-refractivity contribution in [2.75, 3.05) is 20.1 Å². The minimum atomic E-state index is -1.83. The molecule has 36 heavy (non-hydrogen) atoms. The van der Waals surface area contributed by atoms with Gasteiger partial charge in [-0.2, -0.15) is 0 Å². The Balaban J connectivity index is 1.34. The van der Waals surface area contributed by atoms with E-state index in [-0.39, 0.29) is 36.0 Å². The maximum Gasteiger partial charge on any atom is 0.309 e. The Morgan fingerprint density at radius 2 is 2.08 bits per heavy atom. The highest BCUT2D eigenvalue weighted by molar-refractivity contribution is 5.76. The van der Waals surface area contributed by atoms with E-state index >= 15 is 0 Å². The summed E-state index contributed by atoms with van der Waals surface area (Å²) >= 11 is 0. The summed E-state index contributed by atoms with van der Waals surface area (Å²) in [5, 5.41) is 0. The van der Waals surface area contributed by atoms with Crippen LogP contribution in [0.3, 0.4) is 0 Å². The molecule has 0 bridgehead atoms. The highest BCUT2D eigenvalue weighted by Gasteiger charge is 2.49. The van der Waals surface area contributed by atoms with Gasteiger partial charge in [-0.15, -0.1) is 0 Å². The largest absolute Gasteiger partial charge is 0.458 e. The molecule has 5 rings (SSSR count). The van der Waals surface area contributed by atoms with Crippen molar-refractivity contribution in [1.29, 1.82) is 0 Å².